The number of hydrogen-bond donors (Lipinski definition) is 1. The summed E-state index contributed by atoms with van der Waals surface area (Å²) in [5.74, 6) is 1.05. The molecule has 0 spiro atoms. The maximum absolute atomic E-state index is 3.34. The van der Waals surface area contributed by atoms with Gasteiger partial charge in [-0.2, -0.15) is 0 Å². The number of rotatable bonds is 5. The number of likely N-dealkylation sites (N-methyl/N-ethyl adjacent to an activating group) is 1. The van der Waals surface area contributed by atoms with Crippen LogP contribution in [0.15, 0.2) is 0 Å². The molecule has 1 saturated carbocycles. The molecule has 16 heavy (non-hydrogen) atoms. The molecule has 0 radical (unpaired) electrons. The van der Waals surface area contributed by atoms with E-state index in [0.717, 1.165) is 12.0 Å². The molecular weight excluding hydrogens is 196 g/mol. The van der Waals surface area contributed by atoms with Gasteiger partial charge in [0.05, 0.1) is 0 Å². The van der Waals surface area contributed by atoms with Crippen molar-refractivity contribution in [2.24, 2.45) is 5.92 Å². The Kier molecular flexibility index (Phi) is 5.11. The molecule has 2 aliphatic rings. The maximum atomic E-state index is 3.34. The average molecular weight is 224 g/mol. The summed E-state index contributed by atoms with van der Waals surface area (Å²) in [6, 6.07) is 0.827. The fraction of sp³-hybridized carbons (Fsp3) is 1.00. The van der Waals surface area contributed by atoms with Crippen molar-refractivity contribution in [2.75, 3.05) is 26.7 Å². The van der Waals surface area contributed by atoms with Gasteiger partial charge in [0, 0.05) is 12.6 Å². The van der Waals surface area contributed by atoms with Crippen molar-refractivity contribution in [3.63, 3.8) is 0 Å². The third kappa shape index (κ3) is 3.46. The smallest absolute Gasteiger partial charge is 0.0220 e. The summed E-state index contributed by atoms with van der Waals surface area (Å²) >= 11 is 0. The van der Waals surface area contributed by atoms with E-state index < -0.39 is 0 Å². The van der Waals surface area contributed by atoms with Gasteiger partial charge in [0.2, 0.25) is 0 Å². The molecule has 0 bridgehead atoms. The highest BCUT2D eigenvalue weighted by Crippen LogP contribution is 2.27. The zero-order valence-electron chi connectivity index (χ0n) is 10.9. The molecule has 94 valence electrons. The van der Waals surface area contributed by atoms with Gasteiger partial charge in [-0.1, -0.05) is 32.1 Å². The fourth-order valence-electron chi connectivity index (χ4n) is 3.48. The monoisotopic (exact) mass is 224 g/mol. The molecule has 0 aromatic carbocycles. The summed E-state index contributed by atoms with van der Waals surface area (Å²) in [7, 11) is 2.08. The third-order valence-electron chi connectivity index (χ3n) is 4.49. The van der Waals surface area contributed by atoms with Crippen LogP contribution in [0.2, 0.25) is 0 Å². The Balaban J connectivity index is 1.67. The van der Waals surface area contributed by atoms with Gasteiger partial charge in [0.25, 0.3) is 0 Å². The first-order valence-electron chi connectivity index (χ1n) is 7.29. The quantitative estimate of drug-likeness (QED) is 0.772. The van der Waals surface area contributed by atoms with Crippen molar-refractivity contribution >= 4 is 0 Å². The van der Waals surface area contributed by atoms with Crippen LogP contribution in [0.5, 0.6) is 0 Å². The Morgan fingerprint density at radius 1 is 1.06 bits per heavy atom. The molecule has 1 N–H and O–H groups in total. The summed E-state index contributed by atoms with van der Waals surface area (Å²) in [4.78, 5) is 2.73. The van der Waals surface area contributed by atoms with Gasteiger partial charge in [0.15, 0.2) is 0 Å². The van der Waals surface area contributed by atoms with Gasteiger partial charge in [-0.25, -0.2) is 0 Å². The van der Waals surface area contributed by atoms with E-state index in [2.05, 4.69) is 17.3 Å². The molecule has 1 atom stereocenters. The second kappa shape index (κ2) is 6.61. The van der Waals surface area contributed by atoms with E-state index >= 15 is 0 Å². The predicted octanol–water partition coefficient (Wildman–Crippen LogP) is 2.64. The van der Waals surface area contributed by atoms with Crippen LogP contribution in [0.25, 0.3) is 0 Å². The standard InChI is InChI=1S/C14H28N2/c1-15-12-14-8-5-10-16(14)11-9-13-6-3-2-4-7-13/h13-15H,2-12H2,1H3. The number of likely N-dealkylation sites (tertiary alicyclic amines) is 1. The van der Waals surface area contributed by atoms with Crippen molar-refractivity contribution in [1.29, 1.82) is 0 Å². The SMILES string of the molecule is CNCC1CCCN1CCC1CCCCC1. The van der Waals surface area contributed by atoms with Crippen molar-refractivity contribution in [2.45, 2.75) is 57.4 Å². The minimum atomic E-state index is 0.827. The number of hydrogen-bond acceptors (Lipinski definition) is 2. The lowest BCUT2D eigenvalue weighted by atomic mass is 9.87. The fourth-order valence-corrected chi connectivity index (χ4v) is 3.48. The van der Waals surface area contributed by atoms with Crippen LogP contribution >= 0.6 is 0 Å². The first kappa shape index (κ1) is 12.4. The number of nitrogens with one attached hydrogen (secondary N) is 1. The highest BCUT2D eigenvalue weighted by Gasteiger charge is 2.24. The zero-order chi connectivity index (χ0) is 11.2. The van der Waals surface area contributed by atoms with Crippen LogP contribution in [0.1, 0.15) is 51.4 Å². The highest BCUT2D eigenvalue weighted by molar-refractivity contribution is 4.81. The second-order valence-corrected chi connectivity index (χ2v) is 5.68. The van der Waals surface area contributed by atoms with Crippen LogP contribution in [-0.4, -0.2) is 37.6 Å². The van der Waals surface area contributed by atoms with Crippen LogP contribution in [0.3, 0.4) is 0 Å². The molecular formula is C14H28N2. The maximum Gasteiger partial charge on any atom is 0.0220 e. The molecule has 2 rings (SSSR count). The second-order valence-electron chi connectivity index (χ2n) is 5.68. The molecule has 0 amide bonds. The van der Waals surface area contributed by atoms with Gasteiger partial charge in [-0.15, -0.1) is 0 Å². The third-order valence-corrected chi connectivity index (χ3v) is 4.49. The van der Waals surface area contributed by atoms with Crippen LogP contribution in [-0.2, 0) is 0 Å². The van der Waals surface area contributed by atoms with E-state index in [1.807, 2.05) is 0 Å². The van der Waals surface area contributed by atoms with Crippen molar-refractivity contribution in [3.8, 4) is 0 Å². The molecule has 1 unspecified atom stereocenters. The topological polar surface area (TPSA) is 15.3 Å². The van der Waals surface area contributed by atoms with E-state index in [4.69, 9.17) is 0 Å². The predicted molar refractivity (Wildman–Crippen MR) is 69.7 cm³/mol. The molecule has 1 heterocycles. The van der Waals surface area contributed by atoms with Gasteiger partial charge < -0.3 is 5.32 Å². The first-order valence-corrected chi connectivity index (χ1v) is 7.29. The summed E-state index contributed by atoms with van der Waals surface area (Å²) in [6.07, 6.45) is 11.8. The lowest BCUT2D eigenvalue weighted by molar-refractivity contribution is 0.216. The minimum Gasteiger partial charge on any atom is -0.318 e. The van der Waals surface area contributed by atoms with Crippen molar-refractivity contribution in [3.05, 3.63) is 0 Å². The van der Waals surface area contributed by atoms with Gasteiger partial charge >= 0.3 is 0 Å². The van der Waals surface area contributed by atoms with Crippen LogP contribution in [0, 0.1) is 5.92 Å². The normalized spacial score (nSPS) is 28.7. The Labute approximate surface area is 101 Å². The summed E-state index contributed by atoms with van der Waals surface area (Å²) in [6.45, 7) is 3.89. The lowest BCUT2D eigenvalue weighted by Crippen LogP contribution is -2.37. The molecule has 2 fully saturated rings. The van der Waals surface area contributed by atoms with Crippen molar-refractivity contribution < 1.29 is 0 Å². The van der Waals surface area contributed by atoms with Gasteiger partial charge in [-0.3, -0.25) is 4.90 Å². The summed E-state index contributed by atoms with van der Waals surface area (Å²) in [5.41, 5.74) is 0. The van der Waals surface area contributed by atoms with E-state index in [1.54, 1.807) is 0 Å². The van der Waals surface area contributed by atoms with Gasteiger partial charge in [-0.05, 0) is 45.3 Å². The summed E-state index contributed by atoms with van der Waals surface area (Å²) in [5, 5.41) is 3.34. The Morgan fingerprint density at radius 2 is 1.88 bits per heavy atom. The molecule has 1 aliphatic heterocycles. The highest BCUT2D eigenvalue weighted by atomic mass is 15.2. The Morgan fingerprint density at radius 3 is 2.62 bits per heavy atom. The van der Waals surface area contributed by atoms with E-state index in [1.165, 1.54) is 71.0 Å². The summed E-state index contributed by atoms with van der Waals surface area (Å²) < 4.78 is 0. The number of nitrogens with zero attached hydrogens (tertiary/aromatic N) is 1. The first-order chi connectivity index (χ1) is 7.90. The molecule has 0 aromatic rings. The molecule has 0 aromatic heterocycles. The largest absolute Gasteiger partial charge is 0.318 e. The molecule has 1 aliphatic carbocycles. The van der Waals surface area contributed by atoms with Crippen molar-refractivity contribution in [1.82, 2.24) is 10.2 Å². The molecule has 2 heteroatoms. The minimum absolute atomic E-state index is 0.827. The zero-order valence-corrected chi connectivity index (χ0v) is 10.9. The van der Waals surface area contributed by atoms with E-state index in [-0.39, 0.29) is 0 Å². The lowest BCUT2D eigenvalue weighted by Gasteiger charge is -2.28. The van der Waals surface area contributed by atoms with Gasteiger partial charge in [0.1, 0.15) is 0 Å². The average Bonchev–Trinajstić information content (AvgIpc) is 2.76. The van der Waals surface area contributed by atoms with E-state index in [9.17, 15) is 0 Å². The van der Waals surface area contributed by atoms with E-state index in [0.29, 0.717) is 0 Å². The Bertz CT molecular complexity index is 187. The van der Waals surface area contributed by atoms with Crippen LogP contribution in [0.4, 0.5) is 0 Å². The molecule has 1 saturated heterocycles. The molecule has 2 nitrogen and oxygen atoms in total. The Hall–Kier alpha value is -0.0800. The van der Waals surface area contributed by atoms with Crippen LogP contribution < -0.4 is 5.32 Å².